The van der Waals surface area contributed by atoms with Gasteiger partial charge in [0.2, 0.25) is 10.0 Å². The van der Waals surface area contributed by atoms with Crippen LogP contribution in [-0.2, 0) is 10.0 Å². The van der Waals surface area contributed by atoms with Crippen LogP contribution in [0, 0.1) is 11.7 Å². The van der Waals surface area contributed by atoms with Crippen molar-refractivity contribution in [2.45, 2.75) is 23.8 Å². The van der Waals surface area contributed by atoms with E-state index in [1.54, 1.807) is 0 Å². The van der Waals surface area contributed by atoms with Gasteiger partial charge >= 0.3 is 5.97 Å². The first-order valence-corrected chi connectivity index (χ1v) is 9.89. The Morgan fingerprint density at radius 3 is 2.54 bits per heavy atom. The van der Waals surface area contributed by atoms with Gasteiger partial charge in [-0.15, -0.1) is 0 Å². The highest BCUT2D eigenvalue weighted by Gasteiger charge is 2.35. The lowest BCUT2D eigenvalue weighted by Gasteiger charge is -2.28. The second-order valence-corrected chi connectivity index (χ2v) is 8.95. The fourth-order valence-corrected chi connectivity index (χ4v) is 4.86. The average Bonchev–Trinajstić information content (AvgIpc) is 2.77. The Morgan fingerprint density at radius 1 is 1.35 bits per heavy atom. The molecule has 1 saturated heterocycles. The van der Waals surface area contributed by atoms with Crippen molar-refractivity contribution in [1.82, 2.24) is 9.21 Å². The van der Waals surface area contributed by atoms with E-state index in [0.29, 0.717) is 18.9 Å². The zero-order chi connectivity index (χ0) is 19.6. The first kappa shape index (κ1) is 21.0. The van der Waals surface area contributed by atoms with Crippen molar-refractivity contribution in [1.29, 1.82) is 0 Å². The summed E-state index contributed by atoms with van der Waals surface area (Å²) in [6.07, 6.45) is 1.32. The smallest absolute Gasteiger partial charge is 0.337 e. The van der Waals surface area contributed by atoms with Crippen molar-refractivity contribution in [3.63, 3.8) is 0 Å². The second-order valence-electron chi connectivity index (χ2n) is 6.63. The number of likely N-dealkylation sites (N-methyl/N-ethyl adjacent to an activating group) is 1. The summed E-state index contributed by atoms with van der Waals surface area (Å²) in [7, 11) is -0.661. The van der Waals surface area contributed by atoms with E-state index >= 15 is 0 Å². The number of nitrogens with zero attached hydrogens (tertiary/aromatic N) is 2. The molecule has 10 heteroatoms. The van der Waals surface area contributed by atoms with Gasteiger partial charge in [-0.05, 0) is 45.0 Å². The van der Waals surface area contributed by atoms with Crippen LogP contribution in [0.3, 0.4) is 0 Å². The Morgan fingerprint density at radius 2 is 2.00 bits per heavy atom. The van der Waals surface area contributed by atoms with Crippen LogP contribution in [0.4, 0.5) is 4.39 Å². The molecule has 0 unspecified atom stereocenters. The standard InChI is InChI=1S/C16H22ClFN2O5S/c1-19(2)11-4-3-10(9-21)7-20(8-11)26(24,25)15-5-12(16(22)23)13(17)6-14(15)18/h5-6,10-11,21H,3-4,7-9H2,1-2H3,(H,22,23)/t10-,11+/m0/s1. The topological polar surface area (TPSA) is 98.2 Å². The van der Waals surface area contributed by atoms with Gasteiger partial charge in [-0.25, -0.2) is 17.6 Å². The number of hydrogen-bond donors (Lipinski definition) is 2. The van der Waals surface area contributed by atoms with Gasteiger partial charge < -0.3 is 15.1 Å². The molecule has 2 rings (SSSR count). The Bertz CT molecular complexity index is 787. The normalized spacial score (nSPS) is 22.4. The summed E-state index contributed by atoms with van der Waals surface area (Å²) < 4.78 is 41.5. The summed E-state index contributed by atoms with van der Waals surface area (Å²) in [5, 5.41) is 18.3. The van der Waals surface area contributed by atoms with Crippen molar-refractivity contribution in [3.05, 3.63) is 28.5 Å². The van der Waals surface area contributed by atoms with E-state index in [0.717, 1.165) is 10.4 Å². The molecule has 1 aliphatic heterocycles. The molecular formula is C16H22ClFN2O5S. The van der Waals surface area contributed by atoms with Crippen LogP contribution in [-0.4, -0.2) is 73.6 Å². The van der Waals surface area contributed by atoms with E-state index in [2.05, 4.69) is 0 Å². The van der Waals surface area contributed by atoms with Crippen molar-refractivity contribution in [3.8, 4) is 0 Å². The Labute approximate surface area is 157 Å². The summed E-state index contributed by atoms with van der Waals surface area (Å²) in [6, 6.07) is 1.34. The minimum atomic E-state index is -4.30. The van der Waals surface area contributed by atoms with E-state index in [1.807, 2.05) is 19.0 Å². The third-order valence-corrected chi connectivity index (χ3v) is 6.80. The van der Waals surface area contributed by atoms with E-state index in [9.17, 15) is 22.7 Å². The van der Waals surface area contributed by atoms with E-state index in [-0.39, 0.29) is 36.7 Å². The quantitative estimate of drug-likeness (QED) is 0.766. The van der Waals surface area contributed by atoms with Crippen molar-refractivity contribution in [2.24, 2.45) is 5.92 Å². The maximum atomic E-state index is 14.3. The van der Waals surface area contributed by atoms with Crippen LogP contribution in [0.1, 0.15) is 23.2 Å². The number of hydrogen-bond acceptors (Lipinski definition) is 5. The molecule has 2 N–H and O–H groups in total. The highest BCUT2D eigenvalue weighted by molar-refractivity contribution is 7.89. The van der Waals surface area contributed by atoms with Gasteiger partial charge in [-0.3, -0.25) is 0 Å². The van der Waals surface area contributed by atoms with Crippen molar-refractivity contribution in [2.75, 3.05) is 33.8 Å². The lowest BCUT2D eigenvalue weighted by Crippen LogP contribution is -2.43. The number of benzene rings is 1. The SMILES string of the molecule is CN(C)[C@@H]1CC[C@H](CO)CN(S(=O)(=O)c2cc(C(=O)O)c(Cl)cc2F)C1. The molecular weight excluding hydrogens is 387 g/mol. The maximum absolute atomic E-state index is 14.3. The molecule has 0 radical (unpaired) electrons. The zero-order valence-corrected chi connectivity index (χ0v) is 16.1. The molecule has 1 aromatic carbocycles. The number of rotatable bonds is 5. The molecule has 26 heavy (non-hydrogen) atoms. The zero-order valence-electron chi connectivity index (χ0n) is 14.5. The Hall–Kier alpha value is -1.26. The number of carbonyl (C=O) groups is 1. The molecule has 0 aliphatic carbocycles. The lowest BCUT2D eigenvalue weighted by molar-refractivity contribution is 0.0696. The largest absolute Gasteiger partial charge is 0.478 e. The minimum Gasteiger partial charge on any atom is -0.478 e. The first-order valence-electron chi connectivity index (χ1n) is 8.07. The summed E-state index contributed by atoms with van der Waals surface area (Å²) in [6.45, 7) is -0.0282. The fourth-order valence-electron chi connectivity index (χ4n) is 3.00. The van der Waals surface area contributed by atoms with Gasteiger partial charge in [0.05, 0.1) is 10.6 Å². The van der Waals surface area contributed by atoms with Crippen LogP contribution in [0.5, 0.6) is 0 Å². The fraction of sp³-hybridized carbons (Fsp3) is 0.562. The third kappa shape index (κ3) is 4.34. The van der Waals surface area contributed by atoms with Crippen molar-refractivity contribution < 1.29 is 27.8 Å². The van der Waals surface area contributed by atoms with Crippen LogP contribution in [0.15, 0.2) is 17.0 Å². The highest BCUT2D eigenvalue weighted by atomic mass is 35.5. The lowest BCUT2D eigenvalue weighted by atomic mass is 10.0. The number of aliphatic hydroxyl groups is 1. The Balaban J connectivity index is 2.50. The maximum Gasteiger partial charge on any atom is 0.337 e. The summed E-state index contributed by atoms with van der Waals surface area (Å²) in [5.41, 5.74) is -0.482. The number of carboxylic acid groups (broad SMARTS) is 1. The molecule has 0 bridgehead atoms. The van der Waals surface area contributed by atoms with Gasteiger partial charge in [0, 0.05) is 25.7 Å². The van der Waals surface area contributed by atoms with Gasteiger partial charge in [0.15, 0.2) is 0 Å². The molecule has 0 amide bonds. The molecule has 0 aromatic heterocycles. The minimum absolute atomic E-state index is 0.0354. The summed E-state index contributed by atoms with van der Waals surface area (Å²) in [5.74, 6) is -2.82. The van der Waals surface area contributed by atoms with Crippen LogP contribution in [0.25, 0.3) is 0 Å². The molecule has 0 spiro atoms. The number of halogens is 2. The third-order valence-electron chi connectivity index (χ3n) is 4.64. The first-order chi connectivity index (χ1) is 12.1. The Kier molecular flexibility index (Phi) is 6.62. The van der Waals surface area contributed by atoms with Crippen LogP contribution >= 0.6 is 11.6 Å². The van der Waals surface area contributed by atoms with Gasteiger partial charge in [0.25, 0.3) is 0 Å². The second kappa shape index (κ2) is 8.18. The highest BCUT2D eigenvalue weighted by Crippen LogP contribution is 2.29. The van der Waals surface area contributed by atoms with E-state index in [4.69, 9.17) is 16.7 Å². The molecule has 1 fully saturated rings. The predicted octanol–water partition coefficient (Wildman–Crippen LogP) is 1.50. The van der Waals surface area contributed by atoms with Gasteiger partial charge in [-0.2, -0.15) is 4.31 Å². The van der Waals surface area contributed by atoms with E-state index < -0.39 is 32.3 Å². The molecule has 1 heterocycles. The molecule has 1 aliphatic rings. The molecule has 146 valence electrons. The number of carboxylic acids is 1. The molecule has 7 nitrogen and oxygen atoms in total. The predicted molar refractivity (Wildman–Crippen MR) is 94.4 cm³/mol. The summed E-state index contributed by atoms with van der Waals surface area (Å²) in [4.78, 5) is 12.4. The number of aliphatic hydroxyl groups excluding tert-OH is 1. The summed E-state index contributed by atoms with van der Waals surface area (Å²) >= 11 is 5.70. The van der Waals surface area contributed by atoms with Crippen molar-refractivity contribution >= 4 is 27.6 Å². The molecule has 1 aromatic rings. The van der Waals surface area contributed by atoms with Crippen LogP contribution < -0.4 is 0 Å². The van der Waals surface area contributed by atoms with E-state index in [1.165, 1.54) is 0 Å². The van der Waals surface area contributed by atoms with Gasteiger partial charge in [-0.1, -0.05) is 11.6 Å². The van der Waals surface area contributed by atoms with Gasteiger partial charge in [0.1, 0.15) is 10.7 Å². The number of aromatic carboxylic acids is 1. The number of sulfonamides is 1. The molecule has 2 atom stereocenters. The van der Waals surface area contributed by atoms with Crippen LogP contribution in [0.2, 0.25) is 5.02 Å². The monoisotopic (exact) mass is 408 g/mol. The molecule has 0 saturated carbocycles. The average molecular weight is 409 g/mol.